The summed E-state index contributed by atoms with van der Waals surface area (Å²) in [5, 5.41) is 11.2. The second kappa shape index (κ2) is 6.85. The number of hydrogen-bond acceptors (Lipinski definition) is 5. The lowest BCUT2D eigenvalue weighted by atomic mass is 10.1. The molecule has 7 heteroatoms. The Hall–Kier alpha value is -2.15. The molecule has 0 heterocycles. The Morgan fingerprint density at radius 3 is 2.60 bits per heavy atom. The fourth-order valence-electron chi connectivity index (χ4n) is 2.06. The maximum Gasteiger partial charge on any atom is 0.306 e. The molecule has 0 fully saturated rings. The van der Waals surface area contributed by atoms with Crippen molar-refractivity contribution in [2.45, 2.75) is 33.2 Å². The molecule has 7 nitrogen and oxygen atoms in total. The predicted octanol–water partition coefficient (Wildman–Crippen LogP) is 2.14. The predicted molar refractivity (Wildman–Crippen MR) is 77.4 cm³/mol. The van der Waals surface area contributed by atoms with Crippen molar-refractivity contribution < 1.29 is 9.72 Å². The van der Waals surface area contributed by atoms with Gasteiger partial charge in [-0.25, -0.2) is 0 Å². The Kier molecular flexibility index (Phi) is 5.45. The molecule has 20 heavy (non-hydrogen) atoms. The molecule has 0 aliphatic rings. The summed E-state index contributed by atoms with van der Waals surface area (Å²) in [6.45, 7) is 6.22. The molecule has 3 N–H and O–H groups in total. The van der Waals surface area contributed by atoms with Gasteiger partial charge in [-0.05, 0) is 32.4 Å². The quantitative estimate of drug-likeness (QED) is 0.472. The van der Waals surface area contributed by atoms with Crippen LogP contribution in [0, 0.1) is 10.1 Å². The SMILES string of the molecule is CCC(C)N(CC)C(=O)c1cccc(NN)c1[N+](=O)[O-]. The molecule has 1 amide bonds. The Morgan fingerprint density at radius 2 is 2.15 bits per heavy atom. The Balaban J connectivity index is 3.31. The first-order valence-corrected chi connectivity index (χ1v) is 6.52. The molecule has 0 aromatic heterocycles. The molecule has 1 aromatic rings. The molecule has 0 spiro atoms. The first kappa shape index (κ1) is 15.9. The molecular weight excluding hydrogens is 260 g/mol. The van der Waals surface area contributed by atoms with Crippen molar-refractivity contribution in [2.75, 3.05) is 12.0 Å². The summed E-state index contributed by atoms with van der Waals surface area (Å²) in [4.78, 5) is 24.7. The molecular formula is C13H20N4O3. The van der Waals surface area contributed by atoms with E-state index in [1.807, 2.05) is 20.8 Å². The molecule has 0 aliphatic heterocycles. The van der Waals surface area contributed by atoms with Gasteiger partial charge in [-0.15, -0.1) is 0 Å². The van der Waals surface area contributed by atoms with Crippen LogP contribution in [0.5, 0.6) is 0 Å². The Morgan fingerprint density at radius 1 is 1.50 bits per heavy atom. The molecule has 0 saturated heterocycles. The number of hydrazine groups is 1. The van der Waals surface area contributed by atoms with Crippen molar-refractivity contribution in [1.29, 1.82) is 0 Å². The van der Waals surface area contributed by atoms with Crippen LogP contribution in [-0.4, -0.2) is 28.3 Å². The second-order valence-corrected chi connectivity index (χ2v) is 4.45. The van der Waals surface area contributed by atoms with E-state index in [1.54, 1.807) is 11.0 Å². The highest BCUT2D eigenvalue weighted by Gasteiger charge is 2.28. The van der Waals surface area contributed by atoms with Gasteiger partial charge in [0.25, 0.3) is 5.91 Å². The summed E-state index contributed by atoms with van der Waals surface area (Å²) >= 11 is 0. The molecule has 0 aliphatic carbocycles. The van der Waals surface area contributed by atoms with Gasteiger partial charge in [0.15, 0.2) is 0 Å². The van der Waals surface area contributed by atoms with E-state index in [0.717, 1.165) is 6.42 Å². The van der Waals surface area contributed by atoms with Gasteiger partial charge in [-0.1, -0.05) is 13.0 Å². The average Bonchev–Trinajstić information content (AvgIpc) is 2.46. The van der Waals surface area contributed by atoms with Crippen LogP contribution in [0.1, 0.15) is 37.6 Å². The van der Waals surface area contributed by atoms with Crippen LogP contribution in [-0.2, 0) is 0 Å². The van der Waals surface area contributed by atoms with Gasteiger partial charge >= 0.3 is 5.69 Å². The number of carbonyl (C=O) groups excluding carboxylic acids is 1. The summed E-state index contributed by atoms with van der Waals surface area (Å²) in [6, 6.07) is 4.50. The van der Waals surface area contributed by atoms with E-state index in [1.165, 1.54) is 12.1 Å². The molecule has 1 atom stereocenters. The molecule has 0 bridgehead atoms. The van der Waals surface area contributed by atoms with Crippen LogP contribution in [0.2, 0.25) is 0 Å². The minimum absolute atomic E-state index is 0.0154. The normalized spacial score (nSPS) is 11.8. The van der Waals surface area contributed by atoms with Gasteiger partial charge in [-0.2, -0.15) is 0 Å². The van der Waals surface area contributed by atoms with Gasteiger partial charge in [0.05, 0.1) is 4.92 Å². The Labute approximate surface area is 117 Å². The van der Waals surface area contributed by atoms with E-state index in [4.69, 9.17) is 5.84 Å². The minimum Gasteiger partial charge on any atom is -0.336 e. The largest absolute Gasteiger partial charge is 0.336 e. The van der Waals surface area contributed by atoms with E-state index >= 15 is 0 Å². The minimum atomic E-state index is -0.590. The molecule has 110 valence electrons. The zero-order chi connectivity index (χ0) is 15.3. The van der Waals surface area contributed by atoms with E-state index in [2.05, 4.69) is 5.43 Å². The van der Waals surface area contributed by atoms with E-state index < -0.39 is 4.92 Å². The number of anilines is 1. The summed E-state index contributed by atoms with van der Waals surface area (Å²) in [5.74, 6) is 4.92. The fraction of sp³-hybridized carbons (Fsp3) is 0.462. The number of nitrogens with zero attached hydrogens (tertiary/aromatic N) is 2. The van der Waals surface area contributed by atoms with Crippen molar-refractivity contribution in [3.05, 3.63) is 33.9 Å². The summed E-state index contributed by atoms with van der Waals surface area (Å²) in [6.07, 6.45) is 0.780. The molecule has 0 radical (unpaired) electrons. The van der Waals surface area contributed by atoms with E-state index in [-0.39, 0.29) is 28.9 Å². The van der Waals surface area contributed by atoms with Gasteiger partial charge in [-0.3, -0.25) is 20.8 Å². The fourth-order valence-corrected chi connectivity index (χ4v) is 2.06. The highest BCUT2D eigenvalue weighted by atomic mass is 16.6. The van der Waals surface area contributed by atoms with Crippen molar-refractivity contribution in [1.82, 2.24) is 4.90 Å². The third-order valence-corrected chi connectivity index (χ3v) is 3.33. The number of carbonyl (C=O) groups is 1. The number of nitrogens with one attached hydrogen (secondary N) is 1. The van der Waals surface area contributed by atoms with Crippen LogP contribution in [0.25, 0.3) is 0 Å². The summed E-state index contributed by atoms with van der Waals surface area (Å²) in [5.41, 5.74) is 2.14. The van der Waals surface area contributed by atoms with Crippen LogP contribution >= 0.6 is 0 Å². The average molecular weight is 280 g/mol. The number of amides is 1. The van der Waals surface area contributed by atoms with Gasteiger partial charge in [0.2, 0.25) is 0 Å². The maximum atomic E-state index is 12.5. The monoisotopic (exact) mass is 280 g/mol. The van der Waals surface area contributed by atoms with Crippen LogP contribution in [0.3, 0.4) is 0 Å². The number of rotatable bonds is 6. The van der Waals surface area contributed by atoms with Crippen LogP contribution in [0.4, 0.5) is 11.4 Å². The zero-order valence-electron chi connectivity index (χ0n) is 11.9. The number of hydrogen-bond donors (Lipinski definition) is 2. The maximum absolute atomic E-state index is 12.5. The summed E-state index contributed by atoms with van der Waals surface area (Å²) < 4.78 is 0. The number of benzene rings is 1. The molecule has 0 saturated carbocycles. The second-order valence-electron chi connectivity index (χ2n) is 4.45. The third kappa shape index (κ3) is 3.05. The first-order valence-electron chi connectivity index (χ1n) is 6.52. The lowest BCUT2D eigenvalue weighted by molar-refractivity contribution is -0.384. The van der Waals surface area contributed by atoms with Crippen molar-refractivity contribution in [3.8, 4) is 0 Å². The van der Waals surface area contributed by atoms with E-state index in [9.17, 15) is 14.9 Å². The van der Waals surface area contributed by atoms with Crippen molar-refractivity contribution in [3.63, 3.8) is 0 Å². The van der Waals surface area contributed by atoms with Crippen molar-refractivity contribution in [2.24, 2.45) is 5.84 Å². The number of para-hydroxylation sites is 1. The standard InChI is InChI=1S/C13H20N4O3/c1-4-9(3)16(5-2)13(18)10-7-6-8-11(15-14)12(10)17(19)20/h6-9,15H,4-5,14H2,1-3H3. The number of nitrogen functional groups attached to an aromatic ring is 1. The summed E-state index contributed by atoms with van der Waals surface area (Å²) in [7, 11) is 0. The smallest absolute Gasteiger partial charge is 0.306 e. The van der Waals surface area contributed by atoms with E-state index in [0.29, 0.717) is 6.54 Å². The first-order chi connectivity index (χ1) is 9.47. The van der Waals surface area contributed by atoms with Crippen LogP contribution < -0.4 is 11.3 Å². The zero-order valence-corrected chi connectivity index (χ0v) is 11.9. The lowest BCUT2D eigenvalue weighted by Gasteiger charge is -2.27. The van der Waals surface area contributed by atoms with Crippen LogP contribution in [0.15, 0.2) is 18.2 Å². The molecule has 1 rings (SSSR count). The molecule has 1 unspecified atom stereocenters. The highest BCUT2D eigenvalue weighted by molar-refractivity contribution is 6.00. The third-order valence-electron chi connectivity index (χ3n) is 3.33. The lowest BCUT2D eigenvalue weighted by Crippen LogP contribution is -2.38. The van der Waals surface area contributed by atoms with Gasteiger partial charge < -0.3 is 10.3 Å². The number of nitrogens with two attached hydrogens (primary N) is 1. The van der Waals surface area contributed by atoms with Gasteiger partial charge in [0, 0.05) is 12.6 Å². The Bertz CT molecular complexity index is 504. The topological polar surface area (TPSA) is 102 Å². The molecule has 1 aromatic carbocycles. The number of nitro benzene ring substituents is 1. The number of nitro groups is 1. The van der Waals surface area contributed by atoms with Crippen molar-refractivity contribution >= 4 is 17.3 Å². The van der Waals surface area contributed by atoms with Gasteiger partial charge in [0.1, 0.15) is 11.3 Å². The highest BCUT2D eigenvalue weighted by Crippen LogP contribution is 2.29.